The highest BCUT2D eigenvalue weighted by molar-refractivity contribution is 6.30. The van der Waals surface area contributed by atoms with E-state index in [-0.39, 0.29) is 12.0 Å². The summed E-state index contributed by atoms with van der Waals surface area (Å²) < 4.78 is 5.02. The van der Waals surface area contributed by atoms with Crippen molar-refractivity contribution >= 4 is 23.4 Å². The van der Waals surface area contributed by atoms with Crippen LogP contribution in [0.5, 0.6) is 0 Å². The Hall–Kier alpha value is -1.81. The Morgan fingerprint density at radius 2 is 1.88 bits per heavy atom. The fraction of sp³-hybridized carbons (Fsp3) is 0.474. The molecule has 0 saturated heterocycles. The third-order valence-electron chi connectivity index (χ3n) is 4.53. The number of aliphatic imine (C=N–C) groups is 1. The van der Waals surface area contributed by atoms with Crippen LogP contribution in [0.1, 0.15) is 45.6 Å². The normalized spacial score (nSPS) is 17.6. The maximum absolute atomic E-state index is 12.4. The fourth-order valence-corrected chi connectivity index (χ4v) is 3.21. The highest BCUT2D eigenvalue weighted by Gasteiger charge is 2.33. The number of halogens is 1. The molecule has 24 heavy (non-hydrogen) atoms. The van der Waals surface area contributed by atoms with Crippen LogP contribution in [-0.2, 0) is 9.53 Å². The number of hydrogen-bond acceptors (Lipinski definition) is 4. The smallest absolute Gasteiger partial charge is 0.337 e. The highest BCUT2D eigenvalue weighted by Crippen LogP contribution is 2.30. The molecule has 1 heterocycles. The number of esters is 1. The summed E-state index contributed by atoms with van der Waals surface area (Å²) in [5.41, 5.74) is 2.51. The summed E-state index contributed by atoms with van der Waals surface area (Å²) in [4.78, 5) is 17.2. The summed E-state index contributed by atoms with van der Waals surface area (Å²) in [5.74, 6) is 0.785. The van der Waals surface area contributed by atoms with Crippen molar-refractivity contribution in [2.75, 3.05) is 7.11 Å². The predicted molar refractivity (Wildman–Crippen MR) is 98.3 cm³/mol. The van der Waals surface area contributed by atoms with Crippen molar-refractivity contribution in [3.8, 4) is 0 Å². The van der Waals surface area contributed by atoms with Crippen molar-refractivity contribution < 1.29 is 9.53 Å². The van der Waals surface area contributed by atoms with Crippen LogP contribution in [0, 0.1) is 5.92 Å². The van der Waals surface area contributed by atoms with Crippen molar-refractivity contribution in [2.45, 2.75) is 46.1 Å². The Kier molecular flexibility index (Phi) is 6.44. The van der Waals surface area contributed by atoms with E-state index in [9.17, 15) is 4.79 Å². The maximum atomic E-state index is 12.4. The summed E-state index contributed by atoms with van der Waals surface area (Å²) in [6, 6.07) is 7.38. The number of carbonyl (C=O) groups is 1. The molecule has 1 atom stereocenters. The lowest BCUT2D eigenvalue weighted by molar-refractivity contribution is -0.136. The second kappa shape index (κ2) is 8.34. The van der Waals surface area contributed by atoms with Gasteiger partial charge in [0.15, 0.2) is 0 Å². The van der Waals surface area contributed by atoms with Gasteiger partial charge in [0, 0.05) is 16.3 Å². The van der Waals surface area contributed by atoms with Crippen LogP contribution in [0.25, 0.3) is 0 Å². The molecule has 0 fully saturated rings. The van der Waals surface area contributed by atoms with Gasteiger partial charge < -0.3 is 10.1 Å². The summed E-state index contributed by atoms with van der Waals surface area (Å²) in [6.07, 6.45) is 2.62. The minimum atomic E-state index is -0.296. The van der Waals surface area contributed by atoms with Gasteiger partial charge in [0.25, 0.3) is 0 Å². The number of benzene rings is 1. The molecule has 1 aromatic carbocycles. The summed E-state index contributed by atoms with van der Waals surface area (Å²) in [7, 11) is 1.42. The number of hydrogen-bond donors (Lipinski definition) is 1. The third kappa shape index (κ3) is 3.81. The zero-order valence-electron chi connectivity index (χ0n) is 14.7. The zero-order chi connectivity index (χ0) is 17.7. The minimum absolute atomic E-state index is 0.186. The fourth-order valence-electron chi connectivity index (χ4n) is 3.09. The molecular formula is C19H25ClN2O2. The van der Waals surface area contributed by atoms with Crippen molar-refractivity contribution in [1.82, 2.24) is 5.32 Å². The molecule has 0 spiro atoms. The van der Waals surface area contributed by atoms with Crippen molar-refractivity contribution in [1.29, 1.82) is 0 Å². The molecular weight excluding hydrogens is 324 g/mol. The van der Waals surface area contributed by atoms with E-state index in [1.807, 2.05) is 31.2 Å². The Morgan fingerprint density at radius 3 is 2.38 bits per heavy atom. The lowest BCUT2D eigenvalue weighted by Crippen LogP contribution is -2.39. The Labute approximate surface area is 149 Å². The van der Waals surface area contributed by atoms with Crippen LogP contribution < -0.4 is 5.32 Å². The molecule has 1 unspecified atom stereocenters. The van der Waals surface area contributed by atoms with Crippen LogP contribution >= 0.6 is 11.6 Å². The predicted octanol–water partition coefficient (Wildman–Crippen LogP) is 4.33. The number of ether oxygens (including phenoxy) is 1. The van der Waals surface area contributed by atoms with Gasteiger partial charge >= 0.3 is 5.97 Å². The van der Waals surface area contributed by atoms with Gasteiger partial charge in [-0.05, 0) is 36.6 Å². The first-order chi connectivity index (χ1) is 11.5. The lowest BCUT2D eigenvalue weighted by Gasteiger charge is -2.31. The average molecular weight is 349 g/mol. The summed E-state index contributed by atoms with van der Waals surface area (Å²) in [6.45, 7) is 6.29. The number of rotatable bonds is 6. The molecule has 0 bridgehead atoms. The van der Waals surface area contributed by atoms with E-state index in [0.717, 1.165) is 29.9 Å². The quantitative estimate of drug-likeness (QED) is 0.778. The lowest BCUT2D eigenvalue weighted by atomic mass is 9.86. The Balaban J connectivity index is 2.50. The molecule has 0 radical (unpaired) electrons. The highest BCUT2D eigenvalue weighted by atomic mass is 35.5. The Morgan fingerprint density at radius 1 is 1.25 bits per heavy atom. The van der Waals surface area contributed by atoms with Gasteiger partial charge in [-0.25, -0.2) is 4.79 Å². The van der Waals surface area contributed by atoms with Crippen molar-refractivity contribution in [2.24, 2.45) is 10.9 Å². The molecule has 0 amide bonds. The number of carbonyl (C=O) groups excluding carboxylic acids is 1. The van der Waals surface area contributed by atoms with Gasteiger partial charge in [-0.3, -0.25) is 4.99 Å². The van der Waals surface area contributed by atoms with Gasteiger partial charge in [-0.1, -0.05) is 45.2 Å². The monoisotopic (exact) mass is 348 g/mol. The SMILES string of the molecule is CCC1=C(C(=O)OC)C(C(CC)CC)N=C(c2ccc(Cl)cc2)N1. The molecule has 1 N–H and O–H groups in total. The van der Waals surface area contributed by atoms with Crippen LogP contribution in [-0.4, -0.2) is 25.0 Å². The Bertz CT molecular complexity index is 646. The molecule has 130 valence electrons. The number of nitrogens with zero attached hydrogens (tertiary/aromatic N) is 1. The van der Waals surface area contributed by atoms with Crippen LogP contribution in [0.2, 0.25) is 5.02 Å². The molecule has 4 nitrogen and oxygen atoms in total. The molecule has 5 heteroatoms. The van der Waals surface area contributed by atoms with E-state index < -0.39 is 0 Å². The van der Waals surface area contributed by atoms with E-state index in [1.54, 1.807) is 0 Å². The number of allylic oxidation sites excluding steroid dienone is 1. The second-order valence-corrected chi connectivity index (χ2v) is 6.30. The van der Waals surface area contributed by atoms with Gasteiger partial charge in [0.2, 0.25) is 0 Å². The largest absolute Gasteiger partial charge is 0.466 e. The molecule has 0 aromatic heterocycles. The van der Waals surface area contributed by atoms with E-state index in [2.05, 4.69) is 19.2 Å². The third-order valence-corrected chi connectivity index (χ3v) is 4.78. The number of methoxy groups -OCH3 is 1. The standard InChI is InChI=1S/C19H25ClN2O2/c1-5-12(6-2)17-16(19(23)24-4)15(7-3)21-18(22-17)13-8-10-14(20)11-9-13/h8-12,17H,5-7H2,1-4H3,(H,21,22). The maximum Gasteiger partial charge on any atom is 0.337 e. The van der Waals surface area contributed by atoms with Gasteiger partial charge in [0.1, 0.15) is 5.84 Å². The average Bonchev–Trinajstić information content (AvgIpc) is 2.62. The van der Waals surface area contributed by atoms with Crippen molar-refractivity contribution in [3.63, 3.8) is 0 Å². The molecule has 1 aliphatic rings. The van der Waals surface area contributed by atoms with Gasteiger partial charge in [-0.15, -0.1) is 0 Å². The number of nitrogens with one attached hydrogen (secondary N) is 1. The van der Waals surface area contributed by atoms with Gasteiger partial charge in [0.05, 0.1) is 18.7 Å². The first-order valence-corrected chi connectivity index (χ1v) is 8.85. The first-order valence-electron chi connectivity index (χ1n) is 8.47. The van der Waals surface area contributed by atoms with Crippen molar-refractivity contribution in [3.05, 3.63) is 46.1 Å². The van der Waals surface area contributed by atoms with Crippen LogP contribution in [0.15, 0.2) is 40.5 Å². The summed E-state index contributed by atoms with van der Waals surface area (Å²) >= 11 is 5.98. The minimum Gasteiger partial charge on any atom is -0.466 e. The van der Waals surface area contributed by atoms with E-state index in [0.29, 0.717) is 22.9 Å². The van der Waals surface area contributed by atoms with Crippen LogP contribution in [0.4, 0.5) is 0 Å². The van der Waals surface area contributed by atoms with Gasteiger partial charge in [-0.2, -0.15) is 0 Å². The molecule has 2 rings (SSSR count). The van der Waals surface area contributed by atoms with E-state index in [1.165, 1.54) is 7.11 Å². The van der Waals surface area contributed by atoms with E-state index in [4.69, 9.17) is 21.3 Å². The molecule has 0 saturated carbocycles. The molecule has 1 aromatic rings. The second-order valence-electron chi connectivity index (χ2n) is 5.87. The molecule has 0 aliphatic carbocycles. The van der Waals surface area contributed by atoms with E-state index >= 15 is 0 Å². The summed E-state index contributed by atoms with van der Waals surface area (Å²) in [5, 5.41) is 4.01. The number of amidine groups is 1. The first kappa shape index (κ1) is 18.5. The molecule has 1 aliphatic heterocycles. The topological polar surface area (TPSA) is 50.7 Å². The zero-order valence-corrected chi connectivity index (χ0v) is 15.5. The van der Waals surface area contributed by atoms with Crippen LogP contribution in [0.3, 0.4) is 0 Å².